The fraction of sp³-hybridized carbons (Fsp3) is 0.500. The van der Waals surface area contributed by atoms with E-state index < -0.39 is 0 Å². The summed E-state index contributed by atoms with van der Waals surface area (Å²) in [5.74, 6) is 0.381. The van der Waals surface area contributed by atoms with E-state index in [1.165, 1.54) is 17.7 Å². The van der Waals surface area contributed by atoms with Crippen LogP contribution in [0.2, 0.25) is 0 Å². The first-order valence-electron chi connectivity index (χ1n) is 5.46. The van der Waals surface area contributed by atoms with Gasteiger partial charge in [-0.05, 0) is 43.8 Å². The van der Waals surface area contributed by atoms with Gasteiger partial charge in [0.2, 0.25) is 0 Å². The molecule has 0 amide bonds. The smallest absolute Gasteiger partial charge is 0.116 e. The maximum absolute atomic E-state index is 9.56. The molecule has 1 aromatic rings. The quantitative estimate of drug-likeness (QED) is 0.627. The second-order valence-corrected chi connectivity index (χ2v) is 4.85. The number of hydrogen-bond donors (Lipinski definition) is 2. The van der Waals surface area contributed by atoms with Crippen molar-refractivity contribution in [3.8, 4) is 5.75 Å². The van der Waals surface area contributed by atoms with E-state index in [0.717, 1.165) is 19.6 Å². The lowest BCUT2D eigenvalue weighted by Crippen LogP contribution is -2.31. The van der Waals surface area contributed by atoms with Gasteiger partial charge in [0.25, 0.3) is 0 Å². The second kappa shape index (κ2) is 2.89. The first-order chi connectivity index (χ1) is 7.20. The minimum Gasteiger partial charge on any atom is -0.508 e. The number of rotatable bonds is 0. The van der Waals surface area contributed by atoms with Crippen molar-refractivity contribution in [1.82, 2.24) is 4.90 Å². The Kier molecular flexibility index (Phi) is 1.74. The number of phenolic OH excluding ortho intramolecular Hbond substituents is 1. The molecule has 15 heavy (non-hydrogen) atoms. The van der Waals surface area contributed by atoms with Crippen LogP contribution in [0.15, 0.2) is 18.2 Å². The molecule has 2 N–H and O–H groups in total. The average molecular weight is 204 g/mol. The van der Waals surface area contributed by atoms with Crippen molar-refractivity contribution >= 4 is 5.69 Å². The molecule has 1 aromatic carbocycles. The first-order valence-corrected chi connectivity index (χ1v) is 5.46. The zero-order valence-corrected chi connectivity index (χ0v) is 8.95. The molecule has 0 aromatic heterocycles. The van der Waals surface area contributed by atoms with Crippen LogP contribution in [-0.4, -0.2) is 36.7 Å². The maximum Gasteiger partial charge on any atom is 0.116 e. The number of fused-ring (bicyclic) bond motifs is 2. The fourth-order valence-electron chi connectivity index (χ4n) is 2.93. The van der Waals surface area contributed by atoms with Gasteiger partial charge < -0.3 is 15.3 Å². The van der Waals surface area contributed by atoms with Crippen LogP contribution in [0, 0.1) is 0 Å². The summed E-state index contributed by atoms with van der Waals surface area (Å²) in [6, 6.07) is 5.66. The molecule has 1 unspecified atom stereocenters. The molecular formula is C12H16N2O. The highest BCUT2D eigenvalue weighted by molar-refractivity contribution is 5.63. The maximum atomic E-state index is 9.56. The molecule has 1 atom stereocenters. The van der Waals surface area contributed by atoms with Crippen LogP contribution in [0.4, 0.5) is 5.69 Å². The van der Waals surface area contributed by atoms with Gasteiger partial charge in [0.1, 0.15) is 5.75 Å². The number of likely N-dealkylation sites (N-methyl/N-ethyl adjacent to an activating group) is 1. The summed E-state index contributed by atoms with van der Waals surface area (Å²) in [7, 11) is 2.16. The van der Waals surface area contributed by atoms with E-state index >= 15 is 0 Å². The molecule has 2 aliphatic heterocycles. The second-order valence-electron chi connectivity index (χ2n) is 4.85. The molecule has 1 fully saturated rings. The van der Waals surface area contributed by atoms with Gasteiger partial charge in [-0.1, -0.05) is 0 Å². The lowest BCUT2D eigenvalue weighted by molar-refractivity contribution is 0.380. The third-order valence-electron chi connectivity index (χ3n) is 3.74. The van der Waals surface area contributed by atoms with Crippen LogP contribution in [-0.2, 0) is 5.41 Å². The molecule has 80 valence electrons. The standard InChI is InChI=1S/C12H16N2O/c1-14-5-4-12(8-14)7-13-11-3-2-9(15)6-10(11)12/h2-3,6,13,15H,4-5,7-8H2,1H3. The third kappa shape index (κ3) is 1.23. The van der Waals surface area contributed by atoms with E-state index in [1.54, 1.807) is 6.07 Å². The Morgan fingerprint density at radius 2 is 2.33 bits per heavy atom. The van der Waals surface area contributed by atoms with Crippen LogP contribution in [0.3, 0.4) is 0 Å². The van der Waals surface area contributed by atoms with Gasteiger partial charge in [0, 0.05) is 24.2 Å². The van der Waals surface area contributed by atoms with Crippen LogP contribution >= 0.6 is 0 Å². The Bertz CT molecular complexity index is 401. The number of aromatic hydroxyl groups is 1. The number of anilines is 1. The van der Waals surface area contributed by atoms with Gasteiger partial charge in [-0.15, -0.1) is 0 Å². The van der Waals surface area contributed by atoms with Crippen molar-refractivity contribution in [3.63, 3.8) is 0 Å². The van der Waals surface area contributed by atoms with Gasteiger partial charge in [-0.2, -0.15) is 0 Å². The van der Waals surface area contributed by atoms with Crippen molar-refractivity contribution < 1.29 is 5.11 Å². The Labute approximate surface area is 89.7 Å². The number of nitrogens with zero attached hydrogens (tertiary/aromatic N) is 1. The summed E-state index contributed by atoms with van der Waals surface area (Å²) < 4.78 is 0. The molecule has 0 aliphatic carbocycles. The Hall–Kier alpha value is -1.22. The zero-order chi connectivity index (χ0) is 10.5. The number of benzene rings is 1. The van der Waals surface area contributed by atoms with Gasteiger partial charge in [0.15, 0.2) is 0 Å². The molecule has 3 nitrogen and oxygen atoms in total. The topological polar surface area (TPSA) is 35.5 Å². The van der Waals surface area contributed by atoms with Crippen LogP contribution in [0.1, 0.15) is 12.0 Å². The molecule has 0 bridgehead atoms. The van der Waals surface area contributed by atoms with Gasteiger partial charge in [-0.25, -0.2) is 0 Å². The average Bonchev–Trinajstić information content (AvgIpc) is 2.74. The molecule has 2 heterocycles. The summed E-state index contributed by atoms with van der Waals surface area (Å²) in [4.78, 5) is 2.36. The van der Waals surface area contributed by atoms with E-state index in [1.807, 2.05) is 12.1 Å². The van der Waals surface area contributed by atoms with Crippen LogP contribution in [0.5, 0.6) is 5.75 Å². The predicted molar refractivity (Wildman–Crippen MR) is 60.4 cm³/mol. The minimum atomic E-state index is 0.239. The molecule has 0 radical (unpaired) electrons. The Morgan fingerprint density at radius 1 is 1.47 bits per heavy atom. The fourth-order valence-corrected chi connectivity index (χ4v) is 2.93. The molecule has 3 heteroatoms. The van der Waals surface area contributed by atoms with Gasteiger partial charge in [0.05, 0.1) is 0 Å². The third-order valence-corrected chi connectivity index (χ3v) is 3.74. The van der Waals surface area contributed by atoms with Crippen molar-refractivity contribution in [2.45, 2.75) is 11.8 Å². The van der Waals surface area contributed by atoms with Crippen molar-refractivity contribution in [2.75, 3.05) is 32.0 Å². The number of likely N-dealkylation sites (tertiary alicyclic amines) is 1. The molecule has 2 aliphatic rings. The molecule has 3 rings (SSSR count). The zero-order valence-electron chi connectivity index (χ0n) is 8.95. The summed E-state index contributed by atoms with van der Waals surface area (Å²) >= 11 is 0. The SMILES string of the molecule is CN1CCC2(CNc3ccc(O)cc32)C1. The summed E-state index contributed by atoms with van der Waals surface area (Å²) in [6.07, 6.45) is 1.19. The summed E-state index contributed by atoms with van der Waals surface area (Å²) in [6.45, 7) is 3.25. The largest absolute Gasteiger partial charge is 0.508 e. The van der Waals surface area contributed by atoms with Crippen molar-refractivity contribution in [3.05, 3.63) is 23.8 Å². The summed E-state index contributed by atoms with van der Waals surface area (Å²) in [5, 5.41) is 13.0. The Morgan fingerprint density at radius 3 is 3.07 bits per heavy atom. The number of hydrogen-bond acceptors (Lipinski definition) is 3. The lowest BCUT2D eigenvalue weighted by atomic mass is 9.81. The van der Waals surface area contributed by atoms with E-state index in [9.17, 15) is 5.11 Å². The number of phenols is 1. The molecule has 1 spiro atoms. The number of nitrogens with one attached hydrogen (secondary N) is 1. The Balaban J connectivity index is 2.07. The predicted octanol–water partition coefficient (Wildman–Crippen LogP) is 1.39. The van der Waals surface area contributed by atoms with E-state index in [2.05, 4.69) is 17.3 Å². The van der Waals surface area contributed by atoms with E-state index in [0.29, 0.717) is 5.75 Å². The molecule has 1 saturated heterocycles. The summed E-state index contributed by atoms with van der Waals surface area (Å²) in [5.41, 5.74) is 2.73. The first kappa shape index (κ1) is 9.04. The van der Waals surface area contributed by atoms with Crippen molar-refractivity contribution in [2.24, 2.45) is 0 Å². The highest BCUT2D eigenvalue weighted by Crippen LogP contribution is 2.43. The van der Waals surface area contributed by atoms with Gasteiger partial charge >= 0.3 is 0 Å². The monoisotopic (exact) mass is 204 g/mol. The lowest BCUT2D eigenvalue weighted by Gasteiger charge is -2.23. The van der Waals surface area contributed by atoms with E-state index in [-0.39, 0.29) is 5.41 Å². The van der Waals surface area contributed by atoms with Gasteiger partial charge in [-0.3, -0.25) is 0 Å². The van der Waals surface area contributed by atoms with Crippen LogP contribution in [0.25, 0.3) is 0 Å². The molecule has 0 saturated carbocycles. The van der Waals surface area contributed by atoms with Crippen LogP contribution < -0.4 is 5.32 Å². The normalized spacial score (nSPS) is 29.4. The minimum absolute atomic E-state index is 0.239. The highest BCUT2D eigenvalue weighted by Gasteiger charge is 2.43. The molecular weight excluding hydrogens is 188 g/mol. The van der Waals surface area contributed by atoms with Crippen molar-refractivity contribution in [1.29, 1.82) is 0 Å². The van der Waals surface area contributed by atoms with E-state index in [4.69, 9.17) is 0 Å². The highest BCUT2D eigenvalue weighted by atomic mass is 16.3.